The number of phenols is 2. The van der Waals surface area contributed by atoms with Crippen LogP contribution in [0.3, 0.4) is 0 Å². The first-order valence-corrected chi connectivity index (χ1v) is 9.01. The van der Waals surface area contributed by atoms with E-state index in [9.17, 15) is 10.2 Å². The lowest BCUT2D eigenvalue weighted by Crippen LogP contribution is -1.99. The van der Waals surface area contributed by atoms with Gasteiger partial charge < -0.3 is 14.9 Å². The van der Waals surface area contributed by atoms with Crippen LogP contribution >= 0.6 is 0 Å². The van der Waals surface area contributed by atoms with Gasteiger partial charge in [0.1, 0.15) is 5.75 Å². The van der Waals surface area contributed by atoms with Gasteiger partial charge in [-0.3, -0.25) is 0 Å². The fraction of sp³-hybridized carbons (Fsp3) is 0.0435. The summed E-state index contributed by atoms with van der Waals surface area (Å²) in [6, 6.07) is 21.8. The van der Waals surface area contributed by atoms with Gasteiger partial charge in [-0.1, -0.05) is 42.5 Å². The minimum absolute atomic E-state index is 0.0623. The number of benzene rings is 3. The second kappa shape index (κ2) is 7.90. The molecule has 4 rings (SSSR count). The van der Waals surface area contributed by atoms with E-state index in [0.717, 1.165) is 11.3 Å². The van der Waals surface area contributed by atoms with Gasteiger partial charge in [0, 0.05) is 0 Å². The largest absolute Gasteiger partial charge is 0.507 e. The maximum Gasteiger partial charge on any atom is 0.175 e. The highest BCUT2D eigenvalue weighted by Crippen LogP contribution is 2.30. The average molecular weight is 385 g/mol. The predicted octanol–water partition coefficient (Wildman–Crippen LogP) is 4.52. The summed E-state index contributed by atoms with van der Waals surface area (Å²) < 4.78 is 6.76. The molecule has 0 bridgehead atoms. The van der Waals surface area contributed by atoms with E-state index in [2.05, 4.69) is 10.1 Å². The number of hydrogen-bond donors (Lipinski definition) is 2. The first-order valence-electron chi connectivity index (χ1n) is 9.01. The maximum absolute atomic E-state index is 10.3. The number of methoxy groups -OCH3 is 1. The topological polar surface area (TPSA) is 80.4 Å². The molecule has 0 spiro atoms. The Labute approximate surface area is 168 Å². The minimum atomic E-state index is 0.0623. The minimum Gasteiger partial charge on any atom is -0.507 e. The van der Waals surface area contributed by atoms with Crippen molar-refractivity contribution in [3.8, 4) is 34.3 Å². The van der Waals surface area contributed by atoms with E-state index < -0.39 is 0 Å². The van der Waals surface area contributed by atoms with Crippen molar-refractivity contribution >= 4 is 12.2 Å². The van der Waals surface area contributed by atoms with Crippen molar-refractivity contribution < 1.29 is 14.9 Å². The summed E-state index contributed by atoms with van der Waals surface area (Å²) >= 11 is 0. The summed E-state index contributed by atoms with van der Waals surface area (Å²) in [6.07, 6.45) is 3.56. The van der Waals surface area contributed by atoms with Gasteiger partial charge in [-0.15, -0.1) is 5.10 Å². The van der Waals surface area contributed by atoms with Gasteiger partial charge in [0.2, 0.25) is 0 Å². The smallest absolute Gasteiger partial charge is 0.175 e. The van der Waals surface area contributed by atoms with E-state index in [1.807, 2.05) is 42.5 Å². The predicted molar refractivity (Wildman–Crippen MR) is 112 cm³/mol. The van der Waals surface area contributed by atoms with Crippen LogP contribution in [-0.4, -0.2) is 32.1 Å². The highest BCUT2D eigenvalue weighted by Gasteiger charge is 2.15. The number of nitrogens with zero attached hydrogens (tertiary/aromatic N) is 3. The summed E-state index contributed by atoms with van der Waals surface area (Å²) in [5.74, 6) is 1.62. The van der Waals surface area contributed by atoms with Crippen molar-refractivity contribution in [3.05, 3.63) is 84.2 Å². The van der Waals surface area contributed by atoms with Gasteiger partial charge in [-0.05, 0) is 48.0 Å². The van der Waals surface area contributed by atoms with Crippen molar-refractivity contribution in [1.82, 2.24) is 14.8 Å². The van der Waals surface area contributed by atoms with E-state index in [-0.39, 0.29) is 11.5 Å². The van der Waals surface area contributed by atoms with Crippen LogP contribution in [-0.2, 0) is 0 Å². The Hall–Kier alpha value is -4.06. The Balaban J connectivity index is 1.75. The van der Waals surface area contributed by atoms with Crippen LogP contribution in [0, 0.1) is 0 Å². The molecule has 0 saturated carbocycles. The zero-order valence-corrected chi connectivity index (χ0v) is 15.7. The summed E-state index contributed by atoms with van der Waals surface area (Å²) in [5, 5.41) is 24.8. The normalized spacial score (nSPS) is 11.1. The monoisotopic (exact) mass is 385 g/mol. The third-order valence-electron chi connectivity index (χ3n) is 4.40. The van der Waals surface area contributed by atoms with E-state index >= 15 is 0 Å². The van der Waals surface area contributed by atoms with Crippen LogP contribution in [0.25, 0.3) is 29.2 Å². The maximum atomic E-state index is 10.3. The highest BCUT2D eigenvalue weighted by molar-refractivity contribution is 5.71. The lowest BCUT2D eigenvalue weighted by Gasteiger charge is -2.06. The molecule has 144 valence electrons. The summed E-state index contributed by atoms with van der Waals surface area (Å²) in [7, 11) is 1.51. The molecule has 0 saturated heterocycles. The number of para-hydroxylation sites is 2. The Morgan fingerprint density at radius 2 is 1.62 bits per heavy atom. The first-order chi connectivity index (χ1) is 14.2. The molecule has 3 aromatic carbocycles. The summed E-state index contributed by atoms with van der Waals surface area (Å²) in [4.78, 5) is 4.61. The molecular formula is C23H19N3O3. The number of phenolic OH excluding ortho intramolecular Hbond substituents is 2. The molecule has 29 heavy (non-hydrogen) atoms. The average Bonchev–Trinajstić information content (AvgIpc) is 3.17. The number of ether oxygens (including phenoxy) is 1. The van der Waals surface area contributed by atoms with E-state index in [1.165, 1.54) is 7.11 Å². The Morgan fingerprint density at radius 3 is 2.34 bits per heavy atom. The van der Waals surface area contributed by atoms with Gasteiger partial charge in [0.25, 0.3) is 0 Å². The van der Waals surface area contributed by atoms with E-state index in [1.54, 1.807) is 47.2 Å². The molecule has 0 aliphatic rings. The SMILES string of the molecule is COc1ccc(C=Cc2nc(-c3ccccc3O)n(-c3ccccc3)n2)cc1O. The van der Waals surface area contributed by atoms with Gasteiger partial charge in [-0.25, -0.2) is 9.67 Å². The van der Waals surface area contributed by atoms with Crippen LogP contribution in [0.2, 0.25) is 0 Å². The molecule has 0 fully saturated rings. The van der Waals surface area contributed by atoms with Crippen molar-refractivity contribution in [2.45, 2.75) is 0 Å². The van der Waals surface area contributed by atoms with Gasteiger partial charge in [-0.2, -0.15) is 0 Å². The summed E-state index contributed by atoms with van der Waals surface area (Å²) in [5.41, 5.74) is 2.20. The molecule has 0 aliphatic heterocycles. The van der Waals surface area contributed by atoms with E-state index in [0.29, 0.717) is 23.0 Å². The Kier molecular flexibility index (Phi) is 4.99. The third kappa shape index (κ3) is 3.82. The second-order valence-corrected chi connectivity index (χ2v) is 6.32. The van der Waals surface area contributed by atoms with Crippen molar-refractivity contribution in [3.63, 3.8) is 0 Å². The van der Waals surface area contributed by atoms with Crippen molar-refractivity contribution in [2.24, 2.45) is 0 Å². The highest BCUT2D eigenvalue weighted by atomic mass is 16.5. The molecule has 1 heterocycles. The molecule has 1 aromatic heterocycles. The Bertz CT molecular complexity index is 1170. The van der Waals surface area contributed by atoms with Gasteiger partial charge >= 0.3 is 0 Å². The van der Waals surface area contributed by atoms with E-state index in [4.69, 9.17) is 4.74 Å². The summed E-state index contributed by atoms with van der Waals surface area (Å²) in [6.45, 7) is 0. The zero-order valence-electron chi connectivity index (χ0n) is 15.7. The molecule has 0 aliphatic carbocycles. The molecule has 0 atom stereocenters. The van der Waals surface area contributed by atoms with Crippen molar-refractivity contribution in [1.29, 1.82) is 0 Å². The molecule has 6 heteroatoms. The fourth-order valence-corrected chi connectivity index (χ4v) is 2.97. The quantitative estimate of drug-likeness (QED) is 0.528. The standard InChI is InChI=1S/C23H19N3O3/c1-29-21-13-11-16(15-20(21)28)12-14-22-24-23(18-9-5-6-10-19(18)27)26(25-22)17-7-3-2-4-8-17/h2-15,27-28H,1H3. The van der Waals surface area contributed by atoms with Crippen LogP contribution in [0.1, 0.15) is 11.4 Å². The number of aromatic nitrogens is 3. The molecule has 0 radical (unpaired) electrons. The van der Waals surface area contributed by atoms with Gasteiger partial charge in [0.15, 0.2) is 23.1 Å². The van der Waals surface area contributed by atoms with Crippen LogP contribution < -0.4 is 4.74 Å². The van der Waals surface area contributed by atoms with Crippen molar-refractivity contribution in [2.75, 3.05) is 7.11 Å². The second-order valence-electron chi connectivity index (χ2n) is 6.32. The number of aromatic hydroxyl groups is 2. The molecule has 0 unspecified atom stereocenters. The number of rotatable bonds is 5. The fourth-order valence-electron chi connectivity index (χ4n) is 2.97. The third-order valence-corrected chi connectivity index (χ3v) is 4.40. The Morgan fingerprint density at radius 1 is 0.862 bits per heavy atom. The first kappa shape index (κ1) is 18.3. The van der Waals surface area contributed by atoms with Gasteiger partial charge in [0.05, 0.1) is 18.4 Å². The van der Waals surface area contributed by atoms with Crippen LogP contribution in [0.5, 0.6) is 17.2 Å². The van der Waals surface area contributed by atoms with Crippen LogP contribution in [0.4, 0.5) is 0 Å². The zero-order chi connectivity index (χ0) is 20.2. The van der Waals surface area contributed by atoms with Crippen LogP contribution in [0.15, 0.2) is 72.8 Å². The lowest BCUT2D eigenvalue weighted by molar-refractivity contribution is 0.373. The molecule has 6 nitrogen and oxygen atoms in total. The molecule has 2 N–H and O–H groups in total. The lowest BCUT2D eigenvalue weighted by atomic mass is 10.2. The molecular weight excluding hydrogens is 366 g/mol. The molecule has 0 amide bonds. The number of hydrogen-bond acceptors (Lipinski definition) is 5. The molecule has 4 aromatic rings.